The van der Waals surface area contributed by atoms with Crippen LogP contribution in [0.4, 0.5) is 18.9 Å². The molecule has 0 saturated carbocycles. The second-order valence-corrected chi connectivity index (χ2v) is 4.03. The van der Waals surface area contributed by atoms with Gasteiger partial charge in [-0.15, -0.1) is 0 Å². The molecular weight excluding hydrogens is 261 g/mol. The van der Waals surface area contributed by atoms with E-state index in [9.17, 15) is 18.0 Å². The number of amides is 1. The molecule has 7 heteroatoms. The van der Waals surface area contributed by atoms with E-state index < -0.39 is 18.3 Å². The fraction of sp³-hybridized carbons (Fsp3) is 0.417. The molecule has 106 valence electrons. The van der Waals surface area contributed by atoms with Crippen LogP contribution in [0.3, 0.4) is 0 Å². The molecule has 0 aliphatic carbocycles. The highest BCUT2D eigenvalue weighted by Gasteiger charge is 2.33. The van der Waals surface area contributed by atoms with E-state index in [1.807, 2.05) is 0 Å². The Labute approximate surface area is 108 Å². The Bertz CT molecular complexity index is 461. The lowest BCUT2D eigenvalue weighted by molar-refractivity contribution is -0.138. The fourth-order valence-corrected chi connectivity index (χ4v) is 1.59. The first-order chi connectivity index (χ1) is 8.79. The summed E-state index contributed by atoms with van der Waals surface area (Å²) in [5.74, 6) is -0.303. The van der Waals surface area contributed by atoms with E-state index in [-0.39, 0.29) is 23.7 Å². The summed E-state index contributed by atoms with van der Waals surface area (Å²) >= 11 is 0. The molecule has 0 fully saturated rings. The van der Waals surface area contributed by atoms with Gasteiger partial charge >= 0.3 is 6.18 Å². The lowest BCUT2D eigenvalue weighted by atomic mass is 10.1. The van der Waals surface area contributed by atoms with Gasteiger partial charge in [-0.2, -0.15) is 13.2 Å². The Morgan fingerprint density at radius 3 is 2.53 bits per heavy atom. The number of carbonyl (C=O) groups excluding carboxylic acids is 1. The van der Waals surface area contributed by atoms with Crippen molar-refractivity contribution in [1.82, 2.24) is 5.32 Å². The van der Waals surface area contributed by atoms with E-state index in [1.165, 1.54) is 31.1 Å². The van der Waals surface area contributed by atoms with Gasteiger partial charge in [-0.1, -0.05) is 6.07 Å². The molecule has 0 aliphatic heterocycles. The van der Waals surface area contributed by atoms with Gasteiger partial charge in [0.05, 0.1) is 18.7 Å². The van der Waals surface area contributed by atoms with Crippen LogP contribution in [0.1, 0.15) is 11.1 Å². The van der Waals surface area contributed by atoms with Gasteiger partial charge in [-0.05, 0) is 17.7 Å². The molecular formula is C12H15F3N2O2. The summed E-state index contributed by atoms with van der Waals surface area (Å²) in [7, 11) is 2.97. The molecule has 0 spiro atoms. The summed E-state index contributed by atoms with van der Waals surface area (Å²) in [5.41, 5.74) is -0.825. The summed E-state index contributed by atoms with van der Waals surface area (Å²) in [6.45, 7) is -0.736. The van der Waals surface area contributed by atoms with E-state index in [0.29, 0.717) is 0 Å². The molecule has 19 heavy (non-hydrogen) atoms. The van der Waals surface area contributed by atoms with Crippen LogP contribution >= 0.6 is 0 Å². The van der Waals surface area contributed by atoms with Crippen molar-refractivity contribution < 1.29 is 23.1 Å². The Kier molecular flexibility index (Phi) is 4.77. The molecule has 0 bridgehead atoms. The van der Waals surface area contributed by atoms with E-state index in [4.69, 9.17) is 5.11 Å². The molecule has 0 aromatic heterocycles. The summed E-state index contributed by atoms with van der Waals surface area (Å²) < 4.78 is 38.4. The molecule has 0 atom stereocenters. The Balaban J connectivity index is 3.08. The van der Waals surface area contributed by atoms with E-state index in [1.54, 1.807) is 0 Å². The number of likely N-dealkylation sites (N-methyl/N-ethyl adjacent to an activating group) is 2. The van der Waals surface area contributed by atoms with Gasteiger partial charge in [-0.25, -0.2) is 0 Å². The van der Waals surface area contributed by atoms with Gasteiger partial charge in [0, 0.05) is 19.8 Å². The third kappa shape index (κ3) is 3.85. The highest BCUT2D eigenvalue weighted by molar-refractivity contribution is 5.80. The number of nitrogens with zero attached hydrogens (tertiary/aromatic N) is 1. The number of anilines is 1. The SMILES string of the molecule is CNC(=O)CN(C)c1ccc(CO)c(C(F)(F)F)c1. The second kappa shape index (κ2) is 5.92. The number of nitrogens with one attached hydrogen (secondary N) is 1. The van der Waals surface area contributed by atoms with Crippen molar-refractivity contribution in [3.8, 4) is 0 Å². The average Bonchev–Trinajstić information content (AvgIpc) is 2.36. The van der Waals surface area contributed by atoms with Crippen LogP contribution in [0.25, 0.3) is 0 Å². The van der Waals surface area contributed by atoms with Crippen LogP contribution in [-0.2, 0) is 17.6 Å². The standard InChI is InChI=1S/C12H15F3N2O2/c1-16-11(19)6-17(2)9-4-3-8(7-18)10(5-9)12(13,14)15/h3-5,18H,6-7H2,1-2H3,(H,16,19). The zero-order chi connectivity index (χ0) is 14.6. The quantitative estimate of drug-likeness (QED) is 0.873. The maximum absolute atomic E-state index is 12.8. The minimum absolute atomic E-state index is 0.0493. The lowest BCUT2D eigenvalue weighted by Gasteiger charge is -2.21. The largest absolute Gasteiger partial charge is 0.416 e. The van der Waals surface area contributed by atoms with Crippen molar-refractivity contribution in [2.45, 2.75) is 12.8 Å². The van der Waals surface area contributed by atoms with Crippen LogP contribution in [0.15, 0.2) is 18.2 Å². The van der Waals surface area contributed by atoms with Gasteiger partial charge < -0.3 is 15.3 Å². The van der Waals surface area contributed by atoms with E-state index in [2.05, 4.69) is 5.32 Å². The molecule has 1 aromatic carbocycles. The topological polar surface area (TPSA) is 52.6 Å². The molecule has 1 aromatic rings. The first-order valence-corrected chi connectivity index (χ1v) is 5.52. The maximum Gasteiger partial charge on any atom is 0.416 e. The zero-order valence-corrected chi connectivity index (χ0v) is 10.6. The third-order valence-electron chi connectivity index (χ3n) is 2.67. The number of hydrogen-bond donors (Lipinski definition) is 2. The van der Waals surface area contributed by atoms with Crippen molar-refractivity contribution in [2.24, 2.45) is 0 Å². The normalized spacial score (nSPS) is 11.3. The smallest absolute Gasteiger partial charge is 0.392 e. The predicted octanol–water partition coefficient (Wildman–Crippen LogP) is 1.38. The van der Waals surface area contributed by atoms with Crippen molar-refractivity contribution in [2.75, 3.05) is 25.5 Å². The van der Waals surface area contributed by atoms with E-state index in [0.717, 1.165) is 6.07 Å². The van der Waals surface area contributed by atoms with Gasteiger partial charge in [0.2, 0.25) is 5.91 Å². The summed E-state index contributed by atoms with van der Waals surface area (Å²) in [6, 6.07) is 3.57. The lowest BCUT2D eigenvalue weighted by Crippen LogP contribution is -2.33. The number of carbonyl (C=O) groups is 1. The summed E-state index contributed by atoms with van der Waals surface area (Å²) in [4.78, 5) is 12.6. The van der Waals surface area contributed by atoms with Crippen molar-refractivity contribution in [3.63, 3.8) is 0 Å². The van der Waals surface area contributed by atoms with Crippen molar-refractivity contribution >= 4 is 11.6 Å². The molecule has 4 nitrogen and oxygen atoms in total. The van der Waals surface area contributed by atoms with Crippen LogP contribution in [-0.4, -0.2) is 31.7 Å². The predicted molar refractivity (Wildman–Crippen MR) is 64.7 cm³/mol. The Morgan fingerprint density at radius 1 is 1.42 bits per heavy atom. The molecule has 2 N–H and O–H groups in total. The van der Waals surface area contributed by atoms with Crippen LogP contribution in [0, 0.1) is 0 Å². The number of benzene rings is 1. The number of alkyl halides is 3. The first kappa shape index (κ1) is 15.3. The van der Waals surface area contributed by atoms with Gasteiger partial charge in [-0.3, -0.25) is 4.79 Å². The van der Waals surface area contributed by atoms with Crippen LogP contribution < -0.4 is 10.2 Å². The number of rotatable bonds is 4. The van der Waals surface area contributed by atoms with Gasteiger partial charge in [0.15, 0.2) is 0 Å². The summed E-state index contributed by atoms with van der Waals surface area (Å²) in [6.07, 6.45) is -4.54. The van der Waals surface area contributed by atoms with Crippen molar-refractivity contribution in [1.29, 1.82) is 0 Å². The minimum Gasteiger partial charge on any atom is -0.392 e. The molecule has 0 radical (unpaired) electrons. The van der Waals surface area contributed by atoms with Crippen LogP contribution in [0.5, 0.6) is 0 Å². The molecule has 1 amide bonds. The van der Waals surface area contributed by atoms with Gasteiger partial charge in [0.1, 0.15) is 0 Å². The molecule has 1 rings (SSSR count). The number of halogens is 3. The minimum atomic E-state index is -4.54. The third-order valence-corrected chi connectivity index (χ3v) is 2.67. The highest BCUT2D eigenvalue weighted by atomic mass is 19.4. The van der Waals surface area contributed by atoms with Crippen molar-refractivity contribution in [3.05, 3.63) is 29.3 Å². The Morgan fingerprint density at radius 2 is 2.05 bits per heavy atom. The number of aliphatic hydroxyl groups is 1. The second-order valence-electron chi connectivity index (χ2n) is 4.03. The molecule has 0 unspecified atom stereocenters. The van der Waals surface area contributed by atoms with E-state index >= 15 is 0 Å². The number of hydrogen-bond acceptors (Lipinski definition) is 3. The Hall–Kier alpha value is -1.76. The molecule has 0 heterocycles. The molecule has 0 aliphatic rings. The summed E-state index contributed by atoms with van der Waals surface area (Å²) in [5, 5.41) is 11.3. The monoisotopic (exact) mass is 276 g/mol. The highest BCUT2D eigenvalue weighted by Crippen LogP contribution is 2.34. The maximum atomic E-state index is 12.8. The van der Waals surface area contributed by atoms with Gasteiger partial charge in [0.25, 0.3) is 0 Å². The molecule has 0 saturated heterocycles. The van der Waals surface area contributed by atoms with Crippen LogP contribution in [0.2, 0.25) is 0 Å². The number of aliphatic hydroxyl groups excluding tert-OH is 1. The average molecular weight is 276 g/mol. The first-order valence-electron chi connectivity index (χ1n) is 5.52. The fourth-order valence-electron chi connectivity index (χ4n) is 1.59. The zero-order valence-electron chi connectivity index (χ0n) is 10.6.